The van der Waals surface area contributed by atoms with Gasteiger partial charge in [-0.25, -0.2) is 22.9 Å². The fourth-order valence-corrected chi connectivity index (χ4v) is 3.81. The summed E-state index contributed by atoms with van der Waals surface area (Å²) in [6.45, 7) is 1.64. The molecule has 0 unspecified atom stereocenters. The Balaban J connectivity index is 1.87. The topological polar surface area (TPSA) is 126 Å². The molecule has 0 aliphatic rings. The first kappa shape index (κ1) is 22.8. The number of anilines is 2. The van der Waals surface area contributed by atoms with Gasteiger partial charge in [0, 0.05) is 23.2 Å². The van der Waals surface area contributed by atoms with E-state index in [-0.39, 0.29) is 28.4 Å². The molecule has 0 fully saturated rings. The van der Waals surface area contributed by atoms with Crippen molar-refractivity contribution in [3.05, 3.63) is 109 Å². The number of hydrogen-bond donors (Lipinski definition) is 3. The van der Waals surface area contributed by atoms with Crippen LogP contribution in [0.5, 0.6) is 0 Å². The molecular formula is C24H15F3N6O3. The van der Waals surface area contributed by atoms with Gasteiger partial charge in [-0.05, 0) is 48.9 Å². The Kier molecular flexibility index (Phi) is 5.47. The number of aromatic amines is 2. The molecule has 180 valence electrons. The lowest BCUT2D eigenvalue weighted by Crippen LogP contribution is -2.24. The lowest BCUT2D eigenvalue weighted by molar-refractivity contribution is 0.568. The highest BCUT2D eigenvalue weighted by atomic mass is 19.1. The fourth-order valence-electron chi connectivity index (χ4n) is 3.81. The van der Waals surface area contributed by atoms with Crippen LogP contribution in [0, 0.1) is 24.4 Å². The van der Waals surface area contributed by atoms with Crippen molar-refractivity contribution in [2.24, 2.45) is 0 Å². The van der Waals surface area contributed by atoms with Crippen LogP contribution in [0.15, 0.2) is 69.1 Å². The number of nitrogens with zero attached hydrogens (tertiary/aromatic N) is 3. The fraction of sp³-hybridized carbons (Fsp3) is 0.0417. The molecule has 0 aliphatic carbocycles. The number of benzene rings is 2. The second-order valence-electron chi connectivity index (χ2n) is 7.78. The van der Waals surface area contributed by atoms with Crippen LogP contribution in [0.2, 0.25) is 0 Å². The summed E-state index contributed by atoms with van der Waals surface area (Å²) in [4.78, 5) is 49.5. The van der Waals surface area contributed by atoms with Crippen molar-refractivity contribution >= 4 is 22.7 Å². The van der Waals surface area contributed by atoms with Crippen molar-refractivity contribution in [3.63, 3.8) is 0 Å². The maximum absolute atomic E-state index is 14.7. The first-order valence-corrected chi connectivity index (χ1v) is 10.5. The van der Waals surface area contributed by atoms with E-state index in [1.807, 2.05) is 4.98 Å². The van der Waals surface area contributed by atoms with Crippen LogP contribution in [0.4, 0.5) is 24.8 Å². The molecule has 0 saturated carbocycles. The molecule has 12 heteroatoms. The van der Waals surface area contributed by atoms with E-state index < -0.39 is 39.9 Å². The largest absolute Gasteiger partial charge is 0.325 e. The Hall–Kier alpha value is -5.00. The summed E-state index contributed by atoms with van der Waals surface area (Å²) in [7, 11) is 0. The number of pyridine rings is 1. The van der Waals surface area contributed by atoms with E-state index in [1.54, 1.807) is 6.92 Å². The Bertz CT molecular complexity index is 1820. The maximum Gasteiger partial charge on any atom is 0.325 e. The molecule has 0 spiro atoms. The van der Waals surface area contributed by atoms with Crippen LogP contribution in [-0.2, 0) is 0 Å². The van der Waals surface area contributed by atoms with Gasteiger partial charge >= 0.3 is 5.69 Å². The first-order valence-electron chi connectivity index (χ1n) is 10.5. The standard InChI is InChI=1S/C24H15F3N6O3/c1-11-9-12(25)5-6-13(11)19-14-7-8-18(34)33(20-15(26)3-2-4-16(20)27)21(14)31-23(30-19)29-17-10-28-24(36)32-22(17)35/h2-10H,1H3,(H,29,30,31)(H2,28,32,35,36). The molecular weight excluding hydrogens is 477 g/mol. The highest BCUT2D eigenvalue weighted by molar-refractivity contribution is 5.93. The highest BCUT2D eigenvalue weighted by Gasteiger charge is 2.20. The molecule has 0 bridgehead atoms. The second-order valence-corrected chi connectivity index (χ2v) is 7.78. The summed E-state index contributed by atoms with van der Waals surface area (Å²) >= 11 is 0. The van der Waals surface area contributed by atoms with Crippen molar-refractivity contribution < 1.29 is 13.2 Å². The minimum atomic E-state index is -1.01. The van der Waals surface area contributed by atoms with E-state index in [0.717, 1.165) is 35.0 Å². The van der Waals surface area contributed by atoms with Crippen molar-refractivity contribution in [1.82, 2.24) is 24.5 Å². The number of H-pyrrole nitrogens is 2. The van der Waals surface area contributed by atoms with Gasteiger partial charge in [-0.3, -0.25) is 19.1 Å². The van der Waals surface area contributed by atoms with Crippen LogP contribution in [-0.4, -0.2) is 24.5 Å². The van der Waals surface area contributed by atoms with Gasteiger partial charge in [0.25, 0.3) is 11.1 Å². The van der Waals surface area contributed by atoms with E-state index in [1.165, 1.54) is 24.3 Å². The van der Waals surface area contributed by atoms with Crippen molar-refractivity contribution in [2.45, 2.75) is 6.92 Å². The third-order valence-corrected chi connectivity index (χ3v) is 5.42. The Morgan fingerprint density at radius 3 is 2.39 bits per heavy atom. The van der Waals surface area contributed by atoms with Crippen LogP contribution in [0.1, 0.15) is 5.56 Å². The lowest BCUT2D eigenvalue weighted by atomic mass is 10.0. The number of aryl methyl sites for hydroxylation is 1. The normalized spacial score (nSPS) is 11.1. The minimum absolute atomic E-state index is 0.141. The summed E-state index contributed by atoms with van der Waals surface area (Å²) in [6.07, 6.45) is 1.09. The monoisotopic (exact) mass is 492 g/mol. The zero-order valence-corrected chi connectivity index (χ0v) is 18.4. The number of fused-ring (bicyclic) bond motifs is 1. The zero-order valence-electron chi connectivity index (χ0n) is 18.4. The van der Waals surface area contributed by atoms with Crippen LogP contribution in [0.3, 0.4) is 0 Å². The number of rotatable bonds is 4. The minimum Gasteiger partial charge on any atom is -0.318 e. The molecule has 3 N–H and O–H groups in total. The summed E-state index contributed by atoms with van der Waals surface area (Å²) in [5.41, 5.74) is -2.14. The number of para-hydroxylation sites is 1. The summed E-state index contributed by atoms with van der Waals surface area (Å²) in [5.74, 6) is -2.73. The van der Waals surface area contributed by atoms with E-state index >= 15 is 0 Å². The molecule has 0 atom stereocenters. The van der Waals surface area contributed by atoms with Gasteiger partial charge in [-0.1, -0.05) is 6.07 Å². The van der Waals surface area contributed by atoms with Gasteiger partial charge in [0.05, 0.1) is 5.69 Å². The first-order chi connectivity index (χ1) is 17.2. The van der Waals surface area contributed by atoms with E-state index in [9.17, 15) is 27.6 Å². The second kappa shape index (κ2) is 8.65. The van der Waals surface area contributed by atoms with Gasteiger partial charge in [0.2, 0.25) is 5.95 Å². The van der Waals surface area contributed by atoms with E-state index in [4.69, 9.17) is 0 Å². The summed E-state index contributed by atoms with van der Waals surface area (Å²) in [5, 5.41) is 2.88. The third-order valence-electron chi connectivity index (χ3n) is 5.42. The molecule has 5 aromatic rings. The number of aromatic nitrogens is 5. The van der Waals surface area contributed by atoms with Gasteiger partial charge in [-0.2, -0.15) is 4.98 Å². The zero-order chi connectivity index (χ0) is 25.6. The molecule has 5 rings (SSSR count). The van der Waals surface area contributed by atoms with Crippen LogP contribution < -0.4 is 22.1 Å². The van der Waals surface area contributed by atoms with Crippen molar-refractivity contribution in [1.29, 1.82) is 0 Å². The predicted molar refractivity (Wildman–Crippen MR) is 126 cm³/mol. The van der Waals surface area contributed by atoms with Gasteiger partial charge in [0.1, 0.15) is 28.8 Å². The van der Waals surface area contributed by atoms with E-state index in [2.05, 4.69) is 20.3 Å². The lowest BCUT2D eigenvalue weighted by Gasteiger charge is -2.16. The molecule has 36 heavy (non-hydrogen) atoms. The molecule has 0 saturated heterocycles. The molecule has 0 radical (unpaired) electrons. The number of nitrogens with one attached hydrogen (secondary N) is 3. The molecule has 0 amide bonds. The molecule has 2 aromatic carbocycles. The van der Waals surface area contributed by atoms with Crippen molar-refractivity contribution in [3.8, 4) is 16.9 Å². The molecule has 0 aliphatic heterocycles. The van der Waals surface area contributed by atoms with Crippen LogP contribution >= 0.6 is 0 Å². The smallest absolute Gasteiger partial charge is 0.318 e. The molecule has 9 nitrogen and oxygen atoms in total. The Morgan fingerprint density at radius 2 is 1.69 bits per heavy atom. The maximum atomic E-state index is 14.7. The summed E-state index contributed by atoms with van der Waals surface area (Å²) in [6, 6.07) is 9.59. The quantitative estimate of drug-likeness (QED) is 0.354. The summed E-state index contributed by atoms with van der Waals surface area (Å²) < 4.78 is 44.0. The van der Waals surface area contributed by atoms with Gasteiger partial charge in [0.15, 0.2) is 5.65 Å². The average molecular weight is 492 g/mol. The van der Waals surface area contributed by atoms with E-state index in [0.29, 0.717) is 11.1 Å². The van der Waals surface area contributed by atoms with Crippen LogP contribution in [0.25, 0.3) is 28.0 Å². The Morgan fingerprint density at radius 1 is 0.944 bits per heavy atom. The SMILES string of the molecule is Cc1cc(F)ccc1-c1nc(Nc2c[nH]c(=O)[nH]c2=O)nc2c1ccc(=O)n2-c1c(F)cccc1F. The predicted octanol–water partition coefficient (Wildman–Crippen LogP) is 3.29. The van der Waals surface area contributed by atoms with Gasteiger partial charge in [-0.15, -0.1) is 0 Å². The average Bonchev–Trinajstić information content (AvgIpc) is 2.82. The number of hydrogen-bond acceptors (Lipinski definition) is 6. The number of halogens is 3. The Labute approximate surface area is 198 Å². The third kappa shape index (κ3) is 3.94. The molecule has 3 heterocycles. The van der Waals surface area contributed by atoms with Crippen molar-refractivity contribution in [2.75, 3.05) is 5.32 Å². The highest BCUT2D eigenvalue weighted by Crippen LogP contribution is 2.31. The van der Waals surface area contributed by atoms with Gasteiger partial charge < -0.3 is 10.3 Å². The molecule has 3 aromatic heterocycles.